The van der Waals surface area contributed by atoms with Crippen LogP contribution in [0.1, 0.15) is 42.3 Å². The molecule has 0 saturated carbocycles. The molecule has 0 aliphatic carbocycles. The first-order valence-electron chi connectivity index (χ1n) is 7.61. The third kappa shape index (κ3) is 4.05. The van der Waals surface area contributed by atoms with E-state index in [1.165, 1.54) is 5.56 Å². The highest BCUT2D eigenvalue weighted by atomic mass is 16.1. The third-order valence-electron chi connectivity index (χ3n) is 4.16. The van der Waals surface area contributed by atoms with E-state index in [1.54, 1.807) is 0 Å². The average Bonchev–Trinajstić information content (AvgIpc) is 2.40. The number of nitrogens with zero attached hydrogens (tertiary/aromatic N) is 2. The molecule has 2 rings (SSSR count). The summed E-state index contributed by atoms with van der Waals surface area (Å²) in [6.45, 7) is 11.6. The van der Waals surface area contributed by atoms with Crippen LogP contribution in [0.25, 0.3) is 0 Å². The number of hydrogen-bond donors (Lipinski definition) is 1. The van der Waals surface area contributed by atoms with E-state index in [1.807, 2.05) is 6.07 Å². The summed E-state index contributed by atoms with van der Waals surface area (Å²) in [4.78, 5) is 16.5. The van der Waals surface area contributed by atoms with Crippen LogP contribution in [-0.4, -0.2) is 48.9 Å². The predicted molar refractivity (Wildman–Crippen MR) is 86.4 cm³/mol. The predicted octanol–water partition coefficient (Wildman–Crippen LogP) is 1.83. The largest absolute Gasteiger partial charge is 0.366 e. The van der Waals surface area contributed by atoms with Gasteiger partial charge in [-0.1, -0.05) is 32.9 Å². The van der Waals surface area contributed by atoms with Crippen LogP contribution in [0.15, 0.2) is 18.2 Å². The minimum atomic E-state index is -0.333. The Bertz CT molecular complexity index is 511. The SMILES string of the molecule is CN1CCN(Cc2ccc(C(C)(C)C)c(C(N)=O)c2)CC1. The molecule has 1 aliphatic heterocycles. The highest BCUT2D eigenvalue weighted by Gasteiger charge is 2.21. The van der Waals surface area contributed by atoms with Crippen LogP contribution < -0.4 is 5.73 Å². The molecule has 1 fully saturated rings. The van der Waals surface area contributed by atoms with E-state index in [4.69, 9.17) is 5.73 Å². The monoisotopic (exact) mass is 289 g/mol. The van der Waals surface area contributed by atoms with Crippen molar-refractivity contribution >= 4 is 5.91 Å². The quantitative estimate of drug-likeness (QED) is 0.923. The summed E-state index contributed by atoms with van der Waals surface area (Å²) in [7, 11) is 2.15. The molecule has 0 bridgehead atoms. The molecule has 116 valence electrons. The number of primary amides is 1. The molecule has 0 spiro atoms. The van der Waals surface area contributed by atoms with Crippen molar-refractivity contribution in [1.29, 1.82) is 0 Å². The maximum atomic E-state index is 11.8. The first kappa shape index (κ1) is 16.0. The first-order valence-corrected chi connectivity index (χ1v) is 7.61. The minimum Gasteiger partial charge on any atom is -0.366 e. The lowest BCUT2D eigenvalue weighted by Crippen LogP contribution is -2.43. The van der Waals surface area contributed by atoms with Gasteiger partial charge in [0.2, 0.25) is 5.91 Å². The Morgan fingerprint density at radius 1 is 1.19 bits per heavy atom. The van der Waals surface area contributed by atoms with E-state index in [0.29, 0.717) is 5.56 Å². The Balaban J connectivity index is 2.18. The number of carbonyl (C=O) groups is 1. The topological polar surface area (TPSA) is 49.6 Å². The van der Waals surface area contributed by atoms with Crippen molar-refractivity contribution in [1.82, 2.24) is 9.80 Å². The van der Waals surface area contributed by atoms with E-state index < -0.39 is 0 Å². The molecule has 0 aromatic heterocycles. The number of carbonyl (C=O) groups excluding carboxylic acids is 1. The number of nitrogens with two attached hydrogens (primary N) is 1. The van der Waals surface area contributed by atoms with Gasteiger partial charge < -0.3 is 10.6 Å². The lowest BCUT2D eigenvalue weighted by atomic mass is 9.83. The van der Waals surface area contributed by atoms with Crippen molar-refractivity contribution in [2.45, 2.75) is 32.7 Å². The first-order chi connectivity index (χ1) is 9.77. The van der Waals surface area contributed by atoms with Crippen molar-refractivity contribution in [3.63, 3.8) is 0 Å². The Kier molecular flexibility index (Phi) is 4.69. The molecular weight excluding hydrogens is 262 g/mol. The number of rotatable bonds is 3. The van der Waals surface area contributed by atoms with Crippen LogP contribution in [0, 0.1) is 0 Å². The van der Waals surface area contributed by atoms with Gasteiger partial charge >= 0.3 is 0 Å². The van der Waals surface area contributed by atoms with Crippen molar-refractivity contribution in [3.05, 3.63) is 34.9 Å². The van der Waals surface area contributed by atoms with E-state index in [-0.39, 0.29) is 11.3 Å². The Morgan fingerprint density at radius 2 is 1.81 bits per heavy atom. The number of hydrogen-bond acceptors (Lipinski definition) is 3. The zero-order valence-electron chi connectivity index (χ0n) is 13.6. The van der Waals surface area contributed by atoms with Crippen molar-refractivity contribution in [2.24, 2.45) is 5.73 Å². The zero-order valence-corrected chi connectivity index (χ0v) is 13.6. The molecule has 0 radical (unpaired) electrons. The summed E-state index contributed by atoms with van der Waals surface area (Å²) in [6.07, 6.45) is 0. The van der Waals surface area contributed by atoms with Gasteiger partial charge in [-0.15, -0.1) is 0 Å². The van der Waals surface area contributed by atoms with Gasteiger partial charge in [0.15, 0.2) is 0 Å². The Hall–Kier alpha value is -1.39. The molecule has 2 N–H and O–H groups in total. The molecular formula is C17H27N3O. The fraction of sp³-hybridized carbons (Fsp3) is 0.588. The maximum Gasteiger partial charge on any atom is 0.249 e. The molecule has 0 unspecified atom stereocenters. The number of likely N-dealkylation sites (N-methyl/N-ethyl adjacent to an activating group) is 1. The molecule has 1 aliphatic rings. The summed E-state index contributed by atoms with van der Waals surface area (Å²) in [5.74, 6) is -0.333. The highest BCUT2D eigenvalue weighted by Crippen LogP contribution is 2.27. The summed E-state index contributed by atoms with van der Waals surface area (Å²) >= 11 is 0. The average molecular weight is 289 g/mol. The van der Waals surface area contributed by atoms with E-state index >= 15 is 0 Å². The second-order valence-electron chi connectivity index (χ2n) is 7.07. The molecule has 0 atom stereocenters. The highest BCUT2D eigenvalue weighted by molar-refractivity contribution is 5.94. The van der Waals surface area contributed by atoms with Gasteiger partial charge in [-0.05, 0) is 29.7 Å². The summed E-state index contributed by atoms with van der Waals surface area (Å²) in [5, 5.41) is 0. The molecule has 21 heavy (non-hydrogen) atoms. The number of benzene rings is 1. The zero-order chi connectivity index (χ0) is 15.6. The van der Waals surface area contributed by atoms with Crippen LogP contribution in [-0.2, 0) is 12.0 Å². The van der Waals surface area contributed by atoms with Gasteiger partial charge in [-0.3, -0.25) is 9.69 Å². The fourth-order valence-corrected chi connectivity index (χ4v) is 2.81. The third-order valence-corrected chi connectivity index (χ3v) is 4.16. The number of amides is 1. The standard InChI is InChI=1S/C17H27N3O/c1-17(2,3)15-6-5-13(11-14(15)16(18)21)12-20-9-7-19(4)8-10-20/h5-6,11H,7-10,12H2,1-4H3,(H2,18,21). The molecule has 1 heterocycles. The molecule has 4 heteroatoms. The number of piperazine rings is 1. The van der Waals surface area contributed by atoms with Gasteiger partial charge in [0.25, 0.3) is 0 Å². The van der Waals surface area contributed by atoms with Crippen LogP contribution in [0.3, 0.4) is 0 Å². The molecule has 1 saturated heterocycles. The van der Waals surface area contributed by atoms with Gasteiger partial charge in [0, 0.05) is 38.3 Å². The Labute approximate surface area is 127 Å². The van der Waals surface area contributed by atoms with Crippen molar-refractivity contribution in [3.8, 4) is 0 Å². The molecule has 1 aromatic carbocycles. The lowest BCUT2D eigenvalue weighted by Gasteiger charge is -2.32. The van der Waals surface area contributed by atoms with Crippen molar-refractivity contribution in [2.75, 3.05) is 33.2 Å². The van der Waals surface area contributed by atoms with Crippen molar-refractivity contribution < 1.29 is 4.79 Å². The second-order valence-corrected chi connectivity index (χ2v) is 7.07. The fourth-order valence-electron chi connectivity index (χ4n) is 2.81. The summed E-state index contributed by atoms with van der Waals surface area (Å²) < 4.78 is 0. The maximum absolute atomic E-state index is 11.8. The lowest BCUT2D eigenvalue weighted by molar-refractivity contribution is 0.0998. The molecule has 4 nitrogen and oxygen atoms in total. The van der Waals surface area contributed by atoms with Gasteiger partial charge in [0.1, 0.15) is 0 Å². The summed E-state index contributed by atoms with van der Waals surface area (Å²) in [5.41, 5.74) is 8.35. The minimum absolute atomic E-state index is 0.0727. The van der Waals surface area contributed by atoms with Crippen LogP contribution in [0.2, 0.25) is 0 Å². The molecule has 1 aromatic rings. The van der Waals surface area contributed by atoms with Crippen LogP contribution in [0.4, 0.5) is 0 Å². The van der Waals surface area contributed by atoms with E-state index in [9.17, 15) is 4.79 Å². The Morgan fingerprint density at radius 3 is 2.33 bits per heavy atom. The molecule has 1 amide bonds. The normalized spacial score (nSPS) is 17.9. The smallest absolute Gasteiger partial charge is 0.249 e. The van der Waals surface area contributed by atoms with Gasteiger partial charge in [-0.2, -0.15) is 0 Å². The van der Waals surface area contributed by atoms with Gasteiger partial charge in [0.05, 0.1) is 0 Å². The van der Waals surface area contributed by atoms with Crippen LogP contribution >= 0.6 is 0 Å². The van der Waals surface area contributed by atoms with Gasteiger partial charge in [-0.25, -0.2) is 0 Å². The van der Waals surface area contributed by atoms with E-state index in [0.717, 1.165) is 38.3 Å². The van der Waals surface area contributed by atoms with E-state index in [2.05, 4.69) is 49.8 Å². The van der Waals surface area contributed by atoms with Crippen LogP contribution in [0.5, 0.6) is 0 Å². The second kappa shape index (κ2) is 6.16. The summed E-state index contributed by atoms with van der Waals surface area (Å²) in [6, 6.07) is 6.16.